The Kier molecular flexibility index (Phi) is 6.87. The number of allylic oxidation sites excluding steroid dienone is 4. The zero-order valence-corrected chi connectivity index (χ0v) is 18.2. The highest BCUT2D eigenvalue weighted by Gasteiger charge is 2.20. The molecule has 6 nitrogen and oxygen atoms in total. The maximum Gasteiger partial charge on any atom is 0.258 e. The van der Waals surface area contributed by atoms with E-state index in [4.69, 9.17) is 16.3 Å². The van der Waals surface area contributed by atoms with Gasteiger partial charge in [-0.15, -0.1) is 0 Å². The predicted octanol–water partition coefficient (Wildman–Crippen LogP) is 5.26. The molecule has 0 aliphatic heterocycles. The van der Waals surface area contributed by atoms with Crippen molar-refractivity contribution in [2.24, 2.45) is 0 Å². The fourth-order valence-corrected chi connectivity index (χ4v) is 3.32. The van der Waals surface area contributed by atoms with Gasteiger partial charge >= 0.3 is 0 Å². The van der Waals surface area contributed by atoms with E-state index in [1.807, 2.05) is 6.92 Å². The average molecular weight is 441 g/mol. The minimum Gasteiger partial charge on any atom is -0.494 e. The van der Waals surface area contributed by atoms with Crippen molar-refractivity contribution < 1.29 is 13.9 Å². The number of fused-ring (bicyclic) bond motifs is 1. The topological polar surface area (TPSA) is 69.0 Å². The molecule has 8 heteroatoms. The van der Waals surface area contributed by atoms with Crippen molar-refractivity contribution >= 4 is 28.5 Å². The lowest BCUT2D eigenvalue weighted by Gasteiger charge is -2.08. The number of carbonyl (C=O) groups excluding carboxylic acids is 1. The van der Waals surface area contributed by atoms with Crippen LogP contribution in [0.2, 0.25) is 5.02 Å². The summed E-state index contributed by atoms with van der Waals surface area (Å²) in [5.74, 6) is -0.144. The number of amides is 1. The van der Waals surface area contributed by atoms with Gasteiger partial charge < -0.3 is 10.1 Å². The van der Waals surface area contributed by atoms with E-state index in [0.29, 0.717) is 40.5 Å². The van der Waals surface area contributed by atoms with Gasteiger partial charge in [-0.25, -0.2) is 14.1 Å². The highest BCUT2D eigenvalue weighted by atomic mass is 35.5. The van der Waals surface area contributed by atoms with Gasteiger partial charge in [-0.2, -0.15) is 5.10 Å². The summed E-state index contributed by atoms with van der Waals surface area (Å²) in [4.78, 5) is 17.2. The van der Waals surface area contributed by atoms with E-state index < -0.39 is 5.91 Å². The number of ether oxygens (including phenoxy) is 1. The van der Waals surface area contributed by atoms with Crippen molar-refractivity contribution in [1.29, 1.82) is 0 Å². The average Bonchev–Trinajstić information content (AvgIpc) is 3.09. The van der Waals surface area contributed by atoms with E-state index in [0.717, 1.165) is 0 Å². The number of carbonyl (C=O) groups is 1. The van der Waals surface area contributed by atoms with Crippen LogP contribution in [0.15, 0.2) is 66.7 Å². The Morgan fingerprint density at radius 2 is 2.03 bits per heavy atom. The van der Waals surface area contributed by atoms with Crippen molar-refractivity contribution in [2.75, 3.05) is 6.61 Å². The van der Waals surface area contributed by atoms with Crippen LogP contribution in [0, 0.1) is 12.7 Å². The molecule has 0 saturated heterocycles. The van der Waals surface area contributed by atoms with E-state index in [1.54, 1.807) is 48.9 Å². The Labute approximate surface area is 184 Å². The molecule has 0 spiro atoms. The van der Waals surface area contributed by atoms with Crippen LogP contribution in [0.3, 0.4) is 0 Å². The van der Waals surface area contributed by atoms with Gasteiger partial charge in [-0.05, 0) is 63.3 Å². The first-order chi connectivity index (χ1) is 14.8. The molecule has 3 rings (SSSR count). The van der Waals surface area contributed by atoms with Crippen molar-refractivity contribution in [2.45, 2.75) is 20.8 Å². The Morgan fingerprint density at radius 3 is 2.68 bits per heavy atom. The smallest absolute Gasteiger partial charge is 0.258 e. The summed E-state index contributed by atoms with van der Waals surface area (Å²) < 4.78 is 20.2. The van der Waals surface area contributed by atoms with E-state index in [-0.39, 0.29) is 16.4 Å². The zero-order chi connectivity index (χ0) is 22.5. The highest BCUT2D eigenvalue weighted by molar-refractivity contribution is 6.38. The Bertz CT molecular complexity index is 1200. The first kappa shape index (κ1) is 22.2. The summed E-state index contributed by atoms with van der Waals surface area (Å²) in [6.07, 6.45) is 6.42. The van der Waals surface area contributed by atoms with Crippen LogP contribution in [-0.2, 0) is 4.74 Å². The molecule has 2 heterocycles. The molecule has 3 aromatic rings. The quantitative estimate of drug-likeness (QED) is 0.402. The Morgan fingerprint density at radius 1 is 1.32 bits per heavy atom. The number of nitrogens with one attached hydrogen (secondary N) is 1. The van der Waals surface area contributed by atoms with Gasteiger partial charge in [0.2, 0.25) is 0 Å². The number of benzene rings is 1. The second-order valence-corrected chi connectivity index (χ2v) is 7.05. The molecule has 160 valence electrons. The fraction of sp³-hybridized carbons (Fsp3) is 0.174. The lowest BCUT2D eigenvalue weighted by Crippen LogP contribution is -2.22. The molecule has 0 fully saturated rings. The highest BCUT2D eigenvalue weighted by Crippen LogP contribution is 2.30. The van der Waals surface area contributed by atoms with Crippen molar-refractivity contribution in [3.63, 3.8) is 0 Å². The molecule has 1 amide bonds. The van der Waals surface area contributed by atoms with Crippen LogP contribution in [-0.4, -0.2) is 27.3 Å². The lowest BCUT2D eigenvalue weighted by molar-refractivity contribution is 0.0966. The van der Waals surface area contributed by atoms with Crippen LogP contribution < -0.4 is 5.32 Å². The van der Waals surface area contributed by atoms with Gasteiger partial charge in [0, 0.05) is 11.9 Å². The fourth-order valence-electron chi connectivity index (χ4n) is 2.97. The van der Waals surface area contributed by atoms with Crippen molar-refractivity contribution in [1.82, 2.24) is 20.1 Å². The van der Waals surface area contributed by atoms with Gasteiger partial charge in [0.25, 0.3) is 5.91 Å². The van der Waals surface area contributed by atoms with E-state index in [1.165, 1.54) is 18.3 Å². The number of hydrogen-bond donors (Lipinski definition) is 1. The normalized spacial score (nSPS) is 12.2. The van der Waals surface area contributed by atoms with E-state index >= 15 is 0 Å². The first-order valence-electron chi connectivity index (χ1n) is 9.60. The minimum atomic E-state index is -0.396. The Hall–Kier alpha value is -3.45. The lowest BCUT2D eigenvalue weighted by atomic mass is 10.2. The minimum absolute atomic E-state index is 0.224. The number of hydrogen-bond acceptors (Lipinski definition) is 4. The molecule has 1 aromatic carbocycles. The molecule has 0 atom stereocenters. The monoisotopic (exact) mass is 440 g/mol. The standard InChI is InChI=1S/C23H22ClFN4O2/c1-5-18(31-6-2)12-7-14(3)27-23(30)19-13-26-22-20(21(19)24)15(4)28-29(22)17-10-8-16(25)9-11-17/h5,7-13H,1,6H2,2-4H3,(H,27,30)/b14-7+,18-12+. The van der Waals surface area contributed by atoms with Crippen molar-refractivity contribution in [3.8, 4) is 5.69 Å². The summed E-state index contributed by atoms with van der Waals surface area (Å²) in [6, 6.07) is 5.88. The molecule has 1 N–H and O–H groups in total. The number of rotatable bonds is 7. The van der Waals surface area contributed by atoms with Gasteiger partial charge in [0.1, 0.15) is 11.6 Å². The summed E-state index contributed by atoms with van der Waals surface area (Å²) in [5.41, 5.74) is 2.54. The van der Waals surface area contributed by atoms with Gasteiger partial charge in [0.15, 0.2) is 5.65 Å². The van der Waals surface area contributed by atoms with Crippen molar-refractivity contribution in [3.05, 3.63) is 88.8 Å². The predicted molar refractivity (Wildman–Crippen MR) is 120 cm³/mol. The molecular formula is C23H22ClFN4O2. The molecule has 0 aliphatic rings. The molecule has 2 aromatic heterocycles. The third-order valence-corrected chi connectivity index (χ3v) is 4.84. The SMILES string of the molecule is C=C/C(=C\C=C(/C)NC(=O)c1cnc2c(c(C)nn2-c2ccc(F)cc2)c1Cl)OCC. The number of pyridine rings is 1. The molecular weight excluding hydrogens is 419 g/mol. The van der Waals surface area contributed by atoms with Crippen LogP contribution in [0.25, 0.3) is 16.7 Å². The summed E-state index contributed by atoms with van der Waals surface area (Å²) >= 11 is 6.56. The second kappa shape index (κ2) is 9.57. The maximum atomic E-state index is 13.3. The largest absolute Gasteiger partial charge is 0.494 e. The van der Waals surface area contributed by atoms with Gasteiger partial charge in [-0.1, -0.05) is 18.2 Å². The summed E-state index contributed by atoms with van der Waals surface area (Å²) in [7, 11) is 0. The first-order valence-corrected chi connectivity index (χ1v) is 9.98. The van der Waals surface area contributed by atoms with Crippen LogP contribution in [0.1, 0.15) is 29.9 Å². The summed E-state index contributed by atoms with van der Waals surface area (Å²) in [5, 5.41) is 8.05. The van der Waals surface area contributed by atoms with Crippen LogP contribution in [0.5, 0.6) is 0 Å². The molecule has 31 heavy (non-hydrogen) atoms. The third-order valence-electron chi connectivity index (χ3n) is 4.44. The van der Waals surface area contributed by atoms with Crippen LogP contribution >= 0.6 is 11.6 Å². The number of halogens is 2. The number of nitrogens with zero attached hydrogens (tertiary/aromatic N) is 3. The molecule has 0 aliphatic carbocycles. The van der Waals surface area contributed by atoms with Gasteiger partial charge in [0.05, 0.1) is 34.0 Å². The molecule has 0 radical (unpaired) electrons. The summed E-state index contributed by atoms with van der Waals surface area (Å²) in [6.45, 7) is 9.60. The number of aromatic nitrogens is 3. The maximum absolute atomic E-state index is 13.3. The zero-order valence-electron chi connectivity index (χ0n) is 17.4. The molecule has 0 unspecified atom stereocenters. The van der Waals surface area contributed by atoms with E-state index in [2.05, 4.69) is 22.0 Å². The second-order valence-electron chi connectivity index (χ2n) is 6.67. The molecule has 0 saturated carbocycles. The Balaban J connectivity index is 1.92. The number of aryl methyl sites for hydroxylation is 1. The molecule has 0 bridgehead atoms. The van der Waals surface area contributed by atoms with E-state index in [9.17, 15) is 9.18 Å². The van der Waals surface area contributed by atoms with Gasteiger partial charge in [-0.3, -0.25) is 4.79 Å². The van der Waals surface area contributed by atoms with Crippen LogP contribution in [0.4, 0.5) is 4.39 Å². The third kappa shape index (κ3) is 4.83.